The first-order valence-corrected chi connectivity index (χ1v) is 7.51. The molecule has 0 spiro atoms. The first-order chi connectivity index (χ1) is 10.1. The van der Waals surface area contributed by atoms with Gasteiger partial charge >= 0.3 is 7.12 Å². The van der Waals surface area contributed by atoms with E-state index in [0.29, 0.717) is 5.47 Å². The number of hydrogen-bond donors (Lipinski definition) is 1. The number of aliphatic hydroxyl groups is 1. The smallest absolute Gasteiger partial charge is 0.400 e. The van der Waals surface area contributed by atoms with Gasteiger partial charge in [-0.05, 0) is 75.8 Å². The Morgan fingerprint density at radius 3 is 2.00 bits per heavy atom. The fraction of sp³-hybridized carbons (Fsp3) is 0.529. The van der Waals surface area contributed by atoms with E-state index in [-0.39, 0.29) is 12.4 Å². The van der Waals surface area contributed by atoms with Crippen molar-refractivity contribution in [1.29, 1.82) is 0 Å². The van der Waals surface area contributed by atoms with Crippen molar-refractivity contribution in [2.24, 2.45) is 0 Å². The molecule has 2 rings (SSSR count). The van der Waals surface area contributed by atoms with Crippen molar-refractivity contribution >= 4 is 13.2 Å². The Morgan fingerprint density at radius 1 is 1.14 bits per heavy atom. The number of aliphatic hydroxyl groups excluding tert-OH is 1. The lowest BCUT2D eigenvalue weighted by Gasteiger charge is -2.32. The molecule has 0 bridgehead atoms. The summed E-state index contributed by atoms with van der Waals surface area (Å²) in [5, 5.41) is 9.72. The Labute approximate surface area is 132 Å². The van der Waals surface area contributed by atoms with E-state index in [1.165, 1.54) is 12.1 Å². The molecule has 0 amide bonds. The van der Waals surface area contributed by atoms with Crippen molar-refractivity contribution in [3.8, 4) is 0 Å². The Bertz CT molecular complexity index is 569. The molecule has 22 heavy (non-hydrogen) atoms. The van der Waals surface area contributed by atoms with Gasteiger partial charge in [-0.1, -0.05) is 6.08 Å². The van der Waals surface area contributed by atoms with Gasteiger partial charge in [0.25, 0.3) is 0 Å². The second-order valence-electron chi connectivity index (χ2n) is 6.92. The highest BCUT2D eigenvalue weighted by Gasteiger charge is 2.52. The molecule has 1 aromatic carbocycles. The molecule has 5 heteroatoms. The van der Waals surface area contributed by atoms with Crippen molar-refractivity contribution < 1.29 is 18.8 Å². The standard InChI is InChI=1S/C17H24BFO3/c1-11-7-14(19)8-12(2)15(11)9-13(10-20)18-21-16(3,4)17(5,6)22-18/h7-9,20H,10H2,1-6H3. The molecule has 1 fully saturated rings. The monoisotopic (exact) mass is 306 g/mol. The Morgan fingerprint density at radius 2 is 1.59 bits per heavy atom. The van der Waals surface area contributed by atoms with Crippen LogP contribution in [0.5, 0.6) is 0 Å². The molecule has 0 aromatic heterocycles. The van der Waals surface area contributed by atoms with Crippen LogP contribution in [0.15, 0.2) is 17.6 Å². The predicted octanol–water partition coefficient (Wildman–Crippen LogP) is 3.45. The number of benzene rings is 1. The molecule has 1 heterocycles. The highest BCUT2D eigenvalue weighted by atomic mass is 19.1. The van der Waals surface area contributed by atoms with Crippen molar-refractivity contribution in [2.45, 2.75) is 52.7 Å². The minimum atomic E-state index is -0.598. The lowest BCUT2D eigenvalue weighted by molar-refractivity contribution is 0.00578. The largest absolute Gasteiger partial charge is 0.492 e. The average Bonchev–Trinajstić information content (AvgIpc) is 2.57. The van der Waals surface area contributed by atoms with E-state index in [2.05, 4.69) is 0 Å². The lowest BCUT2D eigenvalue weighted by atomic mass is 9.77. The van der Waals surface area contributed by atoms with Gasteiger partial charge in [0.05, 0.1) is 17.8 Å². The molecule has 0 unspecified atom stereocenters. The highest BCUT2D eigenvalue weighted by Crippen LogP contribution is 2.39. The molecule has 1 N–H and O–H groups in total. The zero-order valence-electron chi connectivity index (χ0n) is 14.2. The molecular weight excluding hydrogens is 282 g/mol. The van der Waals surface area contributed by atoms with Crippen LogP contribution >= 0.6 is 0 Å². The zero-order chi connectivity index (χ0) is 16.7. The summed E-state index contributed by atoms with van der Waals surface area (Å²) in [5.41, 5.74) is 2.24. The quantitative estimate of drug-likeness (QED) is 0.869. The van der Waals surface area contributed by atoms with E-state index >= 15 is 0 Å². The van der Waals surface area contributed by atoms with Gasteiger partial charge in [0.1, 0.15) is 5.82 Å². The molecule has 0 aliphatic carbocycles. The van der Waals surface area contributed by atoms with E-state index < -0.39 is 18.3 Å². The van der Waals surface area contributed by atoms with Gasteiger partial charge in [-0.15, -0.1) is 0 Å². The molecule has 1 aliphatic rings. The average molecular weight is 306 g/mol. The van der Waals surface area contributed by atoms with Gasteiger partial charge in [0.15, 0.2) is 0 Å². The van der Waals surface area contributed by atoms with Crippen LogP contribution in [0.2, 0.25) is 0 Å². The minimum Gasteiger partial charge on any atom is -0.400 e. The summed E-state index contributed by atoms with van der Waals surface area (Å²) in [6.07, 6.45) is 1.84. The maximum atomic E-state index is 13.4. The molecule has 3 nitrogen and oxygen atoms in total. The normalized spacial score (nSPS) is 20.5. The topological polar surface area (TPSA) is 38.7 Å². The maximum Gasteiger partial charge on any atom is 0.492 e. The van der Waals surface area contributed by atoms with Crippen LogP contribution in [0.25, 0.3) is 6.08 Å². The van der Waals surface area contributed by atoms with E-state index in [1.54, 1.807) is 0 Å². The van der Waals surface area contributed by atoms with Crippen LogP contribution in [-0.2, 0) is 9.31 Å². The molecule has 0 radical (unpaired) electrons. The van der Waals surface area contributed by atoms with Crippen molar-refractivity contribution in [3.05, 3.63) is 40.1 Å². The zero-order valence-corrected chi connectivity index (χ0v) is 14.2. The lowest BCUT2D eigenvalue weighted by Crippen LogP contribution is -2.41. The second-order valence-corrected chi connectivity index (χ2v) is 6.92. The summed E-state index contributed by atoms with van der Waals surface area (Å²) < 4.78 is 25.3. The third kappa shape index (κ3) is 3.12. The summed E-state index contributed by atoms with van der Waals surface area (Å²) in [7, 11) is -0.598. The fourth-order valence-electron chi connectivity index (χ4n) is 2.52. The first-order valence-electron chi connectivity index (χ1n) is 7.51. The number of rotatable bonds is 3. The van der Waals surface area contributed by atoms with Gasteiger partial charge in [-0.2, -0.15) is 0 Å². The van der Waals surface area contributed by atoms with E-state index in [9.17, 15) is 9.50 Å². The van der Waals surface area contributed by atoms with Crippen LogP contribution in [0.3, 0.4) is 0 Å². The van der Waals surface area contributed by atoms with Gasteiger partial charge in [-0.25, -0.2) is 4.39 Å². The molecular formula is C17H24BFO3. The van der Waals surface area contributed by atoms with E-state index in [1.807, 2.05) is 47.6 Å². The Hall–Kier alpha value is -1.17. The van der Waals surface area contributed by atoms with Crippen LogP contribution in [-0.4, -0.2) is 30.0 Å². The second kappa shape index (κ2) is 5.80. The van der Waals surface area contributed by atoms with E-state index in [0.717, 1.165) is 16.7 Å². The molecule has 0 saturated carbocycles. The first kappa shape index (κ1) is 17.2. The third-order valence-corrected chi connectivity index (χ3v) is 4.63. The summed E-state index contributed by atoms with van der Waals surface area (Å²) in [5.74, 6) is -0.256. The van der Waals surface area contributed by atoms with Crippen molar-refractivity contribution in [1.82, 2.24) is 0 Å². The number of aryl methyl sites for hydroxylation is 2. The summed E-state index contributed by atoms with van der Waals surface area (Å²) >= 11 is 0. The van der Waals surface area contributed by atoms with Crippen LogP contribution in [0.4, 0.5) is 4.39 Å². The van der Waals surface area contributed by atoms with Crippen molar-refractivity contribution in [3.63, 3.8) is 0 Å². The van der Waals surface area contributed by atoms with Crippen molar-refractivity contribution in [2.75, 3.05) is 6.61 Å². The SMILES string of the molecule is Cc1cc(F)cc(C)c1C=C(CO)B1OC(C)(C)C(C)(C)O1. The molecule has 0 atom stereocenters. The molecule has 1 saturated heterocycles. The molecule has 1 aliphatic heterocycles. The Kier molecular flexibility index (Phi) is 4.53. The van der Waals surface area contributed by atoms with Crippen LogP contribution < -0.4 is 0 Å². The van der Waals surface area contributed by atoms with E-state index in [4.69, 9.17) is 9.31 Å². The summed E-state index contributed by atoms with van der Waals surface area (Å²) in [4.78, 5) is 0. The number of halogens is 1. The third-order valence-electron chi connectivity index (χ3n) is 4.63. The minimum absolute atomic E-state index is 0.174. The van der Waals surface area contributed by atoms with Crippen LogP contribution in [0, 0.1) is 19.7 Å². The summed E-state index contributed by atoms with van der Waals surface area (Å²) in [6, 6.07) is 2.97. The Balaban J connectivity index is 2.38. The fourth-order valence-corrected chi connectivity index (χ4v) is 2.52. The van der Waals surface area contributed by atoms with Crippen LogP contribution in [0.1, 0.15) is 44.4 Å². The van der Waals surface area contributed by atoms with Gasteiger partial charge < -0.3 is 14.4 Å². The molecule has 120 valence electrons. The maximum absolute atomic E-state index is 13.4. The van der Waals surface area contributed by atoms with Gasteiger partial charge in [0.2, 0.25) is 0 Å². The summed E-state index contributed by atoms with van der Waals surface area (Å²) in [6.45, 7) is 11.4. The van der Waals surface area contributed by atoms with Gasteiger partial charge in [-0.3, -0.25) is 0 Å². The van der Waals surface area contributed by atoms with Gasteiger partial charge in [0, 0.05) is 0 Å². The number of hydrogen-bond acceptors (Lipinski definition) is 3. The predicted molar refractivity (Wildman–Crippen MR) is 87.0 cm³/mol. The highest BCUT2D eigenvalue weighted by molar-refractivity contribution is 6.55. The molecule has 1 aromatic rings.